The van der Waals surface area contributed by atoms with Crippen LogP contribution in [0.2, 0.25) is 5.02 Å². The minimum Gasteiger partial charge on any atom is -0.508 e. The minimum absolute atomic E-state index is 0.0372. The Morgan fingerprint density at radius 1 is 1.07 bits per heavy atom. The Hall–Kier alpha value is -2.89. The first-order valence-electron chi connectivity index (χ1n) is 9.58. The van der Waals surface area contributed by atoms with Crippen molar-refractivity contribution in [1.29, 1.82) is 0 Å². The van der Waals surface area contributed by atoms with E-state index in [-0.39, 0.29) is 24.1 Å². The van der Waals surface area contributed by atoms with Crippen molar-refractivity contribution in [1.82, 2.24) is 0 Å². The molecular weight excluding hydrogens is 405 g/mol. The number of rotatable bonds is 5. The van der Waals surface area contributed by atoms with E-state index in [2.05, 4.69) is 5.32 Å². The van der Waals surface area contributed by atoms with E-state index in [0.717, 1.165) is 23.1 Å². The second kappa shape index (κ2) is 11.3. The van der Waals surface area contributed by atoms with Crippen molar-refractivity contribution in [2.45, 2.75) is 26.7 Å². The van der Waals surface area contributed by atoms with Gasteiger partial charge in [0.05, 0.1) is 10.7 Å². The summed E-state index contributed by atoms with van der Waals surface area (Å²) in [7, 11) is 0. The van der Waals surface area contributed by atoms with Crippen LogP contribution >= 0.6 is 11.6 Å². The zero-order chi connectivity index (χ0) is 22.1. The van der Waals surface area contributed by atoms with E-state index in [1.807, 2.05) is 13.0 Å². The Balaban J connectivity index is 0.000000297. The highest BCUT2D eigenvalue weighted by molar-refractivity contribution is 6.34. The van der Waals surface area contributed by atoms with Crippen LogP contribution in [0.5, 0.6) is 5.75 Å². The Labute approximate surface area is 181 Å². The van der Waals surface area contributed by atoms with Gasteiger partial charge in [-0.05, 0) is 72.9 Å². The summed E-state index contributed by atoms with van der Waals surface area (Å²) >= 11 is 6.12. The fourth-order valence-corrected chi connectivity index (χ4v) is 3.00. The van der Waals surface area contributed by atoms with Gasteiger partial charge < -0.3 is 15.5 Å². The molecule has 0 bridgehead atoms. The number of aromatic hydroxyl groups is 1. The number of halogens is 2. The molecule has 158 valence electrons. The second-order valence-electron chi connectivity index (χ2n) is 6.72. The highest BCUT2D eigenvalue weighted by Crippen LogP contribution is 2.25. The third-order valence-corrected chi connectivity index (χ3v) is 4.76. The number of phenolic OH excluding ortho intramolecular Hbond substituents is 1. The fraction of sp³-hybridized carbons (Fsp3) is 0.208. The van der Waals surface area contributed by atoms with Gasteiger partial charge >= 0.3 is 0 Å². The average molecular weight is 430 g/mol. The Bertz CT molecular complexity index is 1010. The van der Waals surface area contributed by atoms with Crippen LogP contribution in [-0.2, 0) is 12.8 Å². The Morgan fingerprint density at radius 2 is 1.83 bits per heavy atom. The number of phenols is 1. The topological polar surface area (TPSA) is 69.6 Å². The van der Waals surface area contributed by atoms with Crippen LogP contribution in [0.3, 0.4) is 0 Å². The van der Waals surface area contributed by atoms with Crippen molar-refractivity contribution in [3.8, 4) is 5.75 Å². The number of carbonyl (C=O) groups excluding carboxylic acids is 1. The molecule has 3 N–H and O–H groups in total. The van der Waals surface area contributed by atoms with Gasteiger partial charge in [-0.15, -0.1) is 0 Å². The van der Waals surface area contributed by atoms with E-state index < -0.39 is 0 Å². The molecule has 0 atom stereocenters. The number of hydrogen-bond acceptors (Lipinski definition) is 3. The van der Waals surface area contributed by atoms with E-state index in [9.17, 15) is 14.3 Å². The molecule has 6 heteroatoms. The van der Waals surface area contributed by atoms with Crippen LogP contribution in [-0.4, -0.2) is 22.7 Å². The van der Waals surface area contributed by atoms with E-state index >= 15 is 0 Å². The van der Waals surface area contributed by atoms with Crippen molar-refractivity contribution in [2.24, 2.45) is 0 Å². The number of hydrogen-bond donors (Lipinski definition) is 3. The Morgan fingerprint density at radius 3 is 2.43 bits per heavy atom. The number of amides is 1. The highest BCUT2D eigenvalue weighted by atomic mass is 35.5. The normalized spacial score (nSPS) is 10.2. The lowest BCUT2D eigenvalue weighted by Crippen LogP contribution is -2.13. The molecule has 0 aliphatic rings. The number of aliphatic hydroxyl groups excluding tert-OH is 1. The maximum Gasteiger partial charge on any atom is 0.256 e. The van der Waals surface area contributed by atoms with Crippen molar-refractivity contribution in [3.63, 3.8) is 0 Å². The average Bonchev–Trinajstić information content (AvgIpc) is 2.72. The molecule has 0 unspecified atom stereocenters. The van der Waals surface area contributed by atoms with Crippen molar-refractivity contribution < 1.29 is 19.4 Å². The van der Waals surface area contributed by atoms with Gasteiger partial charge in [0.1, 0.15) is 11.6 Å². The van der Waals surface area contributed by atoms with E-state index in [1.54, 1.807) is 43.3 Å². The van der Waals surface area contributed by atoms with Crippen LogP contribution in [0.1, 0.15) is 34.0 Å². The SMILES string of the molecule is CCc1cccc(F)c1.Cc1ccc(O)cc1C(=O)Nc1ccc(CCO)cc1Cl. The molecule has 0 spiro atoms. The molecule has 1 amide bonds. The molecule has 30 heavy (non-hydrogen) atoms. The fourth-order valence-electron chi connectivity index (χ4n) is 2.75. The van der Waals surface area contributed by atoms with E-state index in [4.69, 9.17) is 16.7 Å². The first kappa shape index (κ1) is 23.4. The molecule has 0 aliphatic heterocycles. The number of benzene rings is 3. The molecule has 3 aromatic rings. The maximum absolute atomic E-state index is 12.4. The summed E-state index contributed by atoms with van der Waals surface area (Å²) in [5.41, 5.74) is 3.60. The summed E-state index contributed by atoms with van der Waals surface area (Å²) in [6.07, 6.45) is 1.41. The number of aryl methyl sites for hydroxylation is 2. The largest absolute Gasteiger partial charge is 0.508 e. The molecule has 3 aromatic carbocycles. The molecule has 0 radical (unpaired) electrons. The van der Waals surface area contributed by atoms with Gasteiger partial charge in [-0.25, -0.2) is 4.39 Å². The summed E-state index contributed by atoms with van der Waals surface area (Å²) < 4.78 is 12.4. The van der Waals surface area contributed by atoms with E-state index in [1.165, 1.54) is 18.2 Å². The van der Waals surface area contributed by atoms with Crippen LogP contribution < -0.4 is 5.32 Å². The first-order chi connectivity index (χ1) is 14.3. The molecule has 0 fully saturated rings. The third-order valence-electron chi connectivity index (χ3n) is 4.45. The third kappa shape index (κ3) is 6.87. The van der Waals surface area contributed by atoms with Crippen LogP contribution in [0.25, 0.3) is 0 Å². The van der Waals surface area contributed by atoms with Gasteiger partial charge in [-0.2, -0.15) is 0 Å². The quantitative estimate of drug-likeness (QED) is 0.499. The van der Waals surface area contributed by atoms with Crippen LogP contribution in [0.4, 0.5) is 10.1 Å². The van der Waals surface area contributed by atoms with Gasteiger partial charge in [0, 0.05) is 12.2 Å². The molecule has 3 rings (SSSR count). The molecule has 0 aromatic heterocycles. The predicted molar refractivity (Wildman–Crippen MR) is 119 cm³/mol. The van der Waals surface area contributed by atoms with Gasteiger partial charge in [-0.3, -0.25) is 4.79 Å². The Kier molecular flexibility index (Phi) is 8.84. The van der Waals surface area contributed by atoms with Crippen molar-refractivity contribution >= 4 is 23.2 Å². The summed E-state index contributed by atoms with van der Waals surface area (Å²) in [5, 5.41) is 21.5. The monoisotopic (exact) mass is 429 g/mol. The molecule has 0 aliphatic carbocycles. The standard InChI is InChI=1S/C16H16ClNO3.C8H9F/c1-10-2-4-12(20)9-13(10)16(21)18-15-5-3-11(6-7-19)8-14(15)17;1-2-7-4-3-5-8(9)6-7/h2-5,8-9,19-20H,6-7H2,1H3,(H,18,21);3-6H,2H2,1H3. The molecular formula is C24H25ClFNO3. The number of nitrogens with one attached hydrogen (secondary N) is 1. The van der Waals surface area contributed by atoms with Crippen LogP contribution in [0.15, 0.2) is 60.7 Å². The molecule has 0 saturated heterocycles. The van der Waals surface area contributed by atoms with Gasteiger partial charge in [0.25, 0.3) is 5.91 Å². The van der Waals surface area contributed by atoms with Crippen LogP contribution in [0, 0.1) is 12.7 Å². The maximum atomic E-state index is 12.4. The summed E-state index contributed by atoms with van der Waals surface area (Å²) in [6.45, 7) is 3.85. The van der Waals surface area contributed by atoms with Crippen molar-refractivity contribution in [3.05, 3.63) is 93.8 Å². The van der Waals surface area contributed by atoms with Gasteiger partial charge in [0.15, 0.2) is 0 Å². The minimum atomic E-state index is -0.333. The summed E-state index contributed by atoms with van der Waals surface area (Å²) in [6, 6.07) is 16.5. The summed E-state index contributed by atoms with van der Waals surface area (Å²) in [5.74, 6) is -0.440. The van der Waals surface area contributed by atoms with Crippen molar-refractivity contribution in [2.75, 3.05) is 11.9 Å². The van der Waals surface area contributed by atoms with Gasteiger partial charge in [0.2, 0.25) is 0 Å². The van der Waals surface area contributed by atoms with E-state index in [0.29, 0.717) is 22.7 Å². The zero-order valence-corrected chi connectivity index (χ0v) is 17.7. The zero-order valence-electron chi connectivity index (χ0n) is 17.0. The second-order valence-corrected chi connectivity index (χ2v) is 7.13. The lowest BCUT2D eigenvalue weighted by molar-refractivity contribution is 0.102. The lowest BCUT2D eigenvalue weighted by atomic mass is 10.1. The number of carbonyl (C=O) groups is 1. The lowest BCUT2D eigenvalue weighted by Gasteiger charge is -2.10. The highest BCUT2D eigenvalue weighted by Gasteiger charge is 2.12. The molecule has 0 saturated carbocycles. The smallest absolute Gasteiger partial charge is 0.256 e. The predicted octanol–water partition coefficient (Wildman–Crippen LogP) is 5.53. The molecule has 4 nitrogen and oxygen atoms in total. The molecule has 0 heterocycles. The number of anilines is 1. The first-order valence-corrected chi connectivity index (χ1v) is 9.96. The summed E-state index contributed by atoms with van der Waals surface area (Å²) in [4.78, 5) is 12.2. The number of aliphatic hydroxyl groups is 1. The van der Waals surface area contributed by atoms with Gasteiger partial charge in [-0.1, -0.05) is 42.8 Å².